The van der Waals surface area contributed by atoms with E-state index in [9.17, 15) is 14.4 Å². The molecule has 1 aromatic heterocycles. The number of methoxy groups -OCH3 is 1. The van der Waals surface area contributed by atoms with Crippen molar-refractivity contribution in [2.75, 3.05) is 37.1 Å². The first-order valence-corrected chi connectivity index (χ1v) is 10.9. The summed E-state index contributed by atoms with van der Waals surface area (Å²) in [6.07, 6.45) is 1.92. The predicted molar refractivity (Wildman–Crippen MR) is 120 cm³/mol. The molecular weight excluding hydrogens is 418 g/mol. The van der Waals surface area contributed by atoms with Crippen molar-refractivity contribution >= 4 is 39.8 Å². The van der Waals surface area contributed by atoms with Crippen molar-refractivity contribution in [2.24, 2.45) is 5.73 Å². The Morgan fingerprint density at radius 1 is 1.26 bits per heavy atom. The molecule has 0 bridgehead atoms. The van der Waals surface area contributed by atoms with Crippen LogP contribution in [0.1, 0.15) is 44.5 Å². The highest BCUT2D eigenvalue weighted by atomic mass is 32.1. The molecule has 9 heteroatoms. The number of nitrogens with two attached hydrogens (primary N) is 1. The molecule has 2 heterocycles. The fourth-order valence-electron chi connectivity index (χ4n) is 3.69. The lowest BCUT2D eigenvalue weighted by atomic mass is 9.96. The zero-order valence-corrected chi connectivity index (χ0v) is 18.7. The number of ether oxygens (including phenoxy) is 2. The number of amides is 2. The molecule has 0 radical (unpaired) electrons. The topological polar surface area (TPSA) is 111 Å². The van der Waals surface area contributed by atoms with Crippen LogP contribution in [0.2, 0.25) is 0 Å². The zero-order chi connectivity index (χ0) is 22.5. The standard InChI is InChI=1S/C22H27N3O5S/c1-13-8-9-15-6-4-5-7-16(15)25(13)12-17(26)24-21-18(22(28)30-11-10-29-3)14(2)19(31-21)20(23)27/h4-7,13H,8-12H2,1-3H3,(H2,23,27)(H,24,26). The molecule has 1 atom stereocenters. The number of hydrogen-bond donors (Lipinski definition) is 2. The van der Waals surface area contributed by atoms with E-state index in [0.29, 0.717) is 5.56 Å². The number of hydrogen-bond acceptors (Lipinski definition) is 7. The largest absolute Gasteiger partial charge is 0.460 e. The van der Waals surface area contributed by atoms with Crippen LogP contribution in [0.25, 0.3) is 0 Å². The summed E-state index contributed by atoms with van der Waals surface area (Å²) in [7, 11) is 1.50. The Bertz CT molecular complexity index is 988. The molecule has 0 fully saturated rings. The fourth-order valence-corrected chi connectivity index (χ4v) is 4.76. The first-order chi connectivity index (χ1) is 14.8. The first-order valence-electron chi connectivity index (χ1n) is 10.1. The molecular formula is C22H27N3O5S. The van der Waals surface area contributed by atoms with E-state index in [1.165, 1.54) is 12.7 Å². The number of para-hydroxylation sites is 1. The van der Waals surface area contributed by atoms with Crippen molar-refractivity contribution in [1.29, 1.82) is 0 Å². The van der Waals surface area contributed by atoms with E-state index in [0.717, 1.165) is 29.9 Å². The Hall–Kier alpha value is -2.91. The van der Waals surface area contributed by atoms with Gasteiger partial charge in [0.2, 0.25) is 5.91 Å². The summed E-state index contributed by atoms with van der Waals surface area (Å²) in [6.45, 7) is 4.13. The smallest absolute Gasteiger partial charge is 0.341 e. The third-order valence-corrected chi connectivity index (χ3v) is 6.55. The molecule has 2 aromatic rings. The average Bonchev–Trinajstić information content (AvgIpc) is 3.06. The van der Waals surface area contributed by atoms with E-state index in [-0.39, 0.29) is 47.1 Å². The monoisotopic (exact) mass is 445 g/mol. The number of benzene rings is 1. The molecule has 3 N–H and O–H groups in total. The van der Waals surface area contributed by atoms with Crippen molar-refractivity contribution in [3.05, 3.63) is 45.8 Å². The van der Waals surface area contributed by atoms with Gasteiger partial charge in [0.05, 0.1) is 23.6 Å². The van der Waals surface area contributed by atoms with E-state index < -0.39 is 11.9 Å². The van der Waals surface area contributed by atoms with Crippen molar-refractivity contribution in [3.63, 3.8) is 0 Å². The number of anilines is 2. The van der Waals surface area contributed by atoms with Crippen LogP contribution in [0, 0.1) is 6.92 Å². The maximum absolute atomic E-state index is 12.9. The van der Waals surface area contributed by atoms with Gasteiger partial charge in [0.15, 0.2) is 0 Å². The van der Waals surface area contributed by atoms with Gasteiger partial charge < -0.3 is 25.4 Å². The van der Waals surface area contributed by atoms with Crippen LogP contribution < -0.4 is 16.0 Å². The molecule has 0 saturated carbocycles. The quantitative estimate of drug-likeness (QED) is 0.477. The summed E-state index contributed by atoms with van der Waals surface area (Å²) in [4.78, 5) is 39.6. The van der Waals surface area contributed by atoms with E-state index in [1.54, 1.807) is 6.92 Å². The van der Waals surface area contributed by atoms with Crippen LogP contribution in [-0.2, 0) is 20.7 Å². The minimum absolute atomic E-state index is 0.0615. The molecule has 1 aromatic carbocycles. The third-order valence-electron chi connectivity index (χ3n) is 5.33. The Kier molecular flexibility index (Phi) is 7.29. The maximum atomic E-state index is 12.9. The van der Waals surface area contributed by atoms with Crippen molar-refractivity contribution in [1.82, 2.24) is 0 Å². The number of thiophene rings is 1. The first kappa shape index (κ1) is 22.8. The average molecular weight is 446 g/mol. The zero-order valence-electron chi connectivity index (χ0n) is 17.9. The van der Waals surface area contributed by atoms with Gasteiger partial charge in [0.25, 0.3) is 5.91 Å². The molecule has 31 heavy (non-hydrogen) atoms. The van der Waals surface area contributed by atoms with Gasteiger partial charge in [0.1, 0.15) is 11.6 Å². The highest BCUT2D eigenvalue weighted by Crippen LogP contribution is 2.34. The molecule has 3 rings (SSSR count). The van der Waals surface area contributed by atoms with Crippen molar-refractivity contribution in [2.45, 2.75) is 32.7 Å². The van der Waals surface area contributed by atoms with E-state index in [2.05, 4.69) is 23.2 Å². The lowest BCUT2D eigenvalue weighted by molar-refractivity contribution is -0.115. The number of esters is 1. The molecule has 1 unspecified atom stereocenters. The number of primary amides is 1. The summed E-state index contributed by atoms with van der Waals surface area (Å²) < 4.78 is 10.1. The maximum Gasteiger partial charge on any atom is 0.341 e. The Labute approximate surface area is 185 Å². The van der Waals surface area contributed by atoms with Gasteiger partial charge in [-0.3, -0.25) is 9.59 Å². The summed E-state index contributed by atoms with van der Waals surface area (Å²) in [5.74, 6) is -1.58. The van der Waals surface area contributed by atoms with E-state index >= 15 is 0 Å². The van der Waals surface area contributed by atoms with E-state index in [4.69, 9.17) is 15.2 Å². The minimum Gasteiger partial charge on any atom is -0.460 e. The molecule has 8 nitrogen and oxygen atoms in total. The minimum atomic E-state index is -0.660. The predicted octanol–water partition coefficient (Wildman–Crippen LogP) is 2.74. The Morgan fingerprint density at radius 3 is 2.71 bits per heavy atom. The molecule has 1 aliphatic heterocycles. The summed E-state index contributed by atoms with van der Waals surface area (Å²) in [5, 5.41) is 3.06. The second-order valence-corrected chi connectivity index (χ2v) is 8.47. The summed E-state index contributed by atoms with van der Waals surface area (Å²) >= 11 is 0.981. The highest BCUT2D eigenvalue weighted by Gasteiger charge is 2.28. The number of carbonyl (C=O) groups is 3. The number of carbonyl (C=O) groups excluding carboxylic acids is 3. The molecule has 0 aliphatic carbocycles. The lowest BCUT2D eigenvalue weighted by Crippen LogP contribution is -2.42. The number of aryl methyl sites for hydroxylation is 1. The second kappa shape index (κ2) is 9.93. The van der Waals surface area contributed by atoms with Gasteiger partial charge in [-0.15, -0.1) is 11.3 Å². The van der Waals surface area contributed by atoms with Gasteiger partial charge in [-0.05, 0) is 43.9 Å². The Morgan fingerprint density at radius 2 is 2.00 bits per heavy atom. The van der Waals surface area contributed by atoms with Crippen LogP contribution >= 0.6 is 11.3 Å². The number of nitrogens with zero attached hydrogens (tertiary/aromatic N) is 1. The molecule has 2 amide bonds. The van der Waals surface area contributed by atoms with Gasteiger partial charge in [0, 0.05) is 18.8 Å². The molecule has 0 saturated heterocycles. The van der Waals surface area contributed by atoms with Crippen LogP contribution in [0.4, 0.5) is 10.7 Å². The summed E-state index contributed by atoms with van der Waals surface area (Å²) in [5.41, 5.74) is 8.24. The fraction of sp³-hybridized carbons (Fsp3) is 0.409. The van der Waals surface area contributed by atoms with Crippen molar-refractivity contribution in [3.8, 4) is 0 Å². The van der Waals surface area contributed by atoms with Crippen LogP contribution in [0.5, 0.6) is 0 Å². The number of fused-ring (bicyclic) bond motifs is 1. The van der Waals surface area contributed by atoms with Crippen molar-refractivity contribution < 1.29 is 23.9 Å². The van der Waals surface area contributed by atoms with Crippen LogP contribution in [0.15, 0.2) is 24.3 Å². The summed E-state index contributed by atoms with van der Waals surface area (Å²) in [6, 6.07) is 8.23. The molecule has 166 valence electrons. The highest BCUT2D eigenvalue weighted by molar-refractivity contribution is 7.18. The van der Waals surface area contributed by atoms with Gasteiger partial charge in [-0.1, -0.05) is 18.2 Å². The third kappa shape index (κ3) is 5.05. The number of rotatable bonds is 8. The Balaban J connectivity index is 1.81. The van der Waals surface area contributed by atoms with Gasteiger partial charge in [-0.25, -0.2) is 4.79 Å². The lowest BCUT2D eigenvalue weighted by Gasteiger charge is -2.36. The molecule has 0 spiro atoms. The van der Waals surface area contributed by atoms with E-state index in [1.807, 2.05) is 18.2 Å². The normalized spacial score (nSPS) is 15.3. The molecule has 1 aliphatic rings. The number of nitrogens with one attached hydrogen (secondary N) is 1. The second-order valence-electron chi connectivity index (χ2n) is 7.45. The SMILES string of the molecule is COCCOC(=O)c1c(NC(=O)CN2c3ccccc3CCC2C)sc(C(N)=O)c1C. The van der Waals surface area contributed by atoms with Gasteiger partial charge >= 0.3 is 5.97 Å². The van der Waals surface area contributed by atoms with Crippen LogP contribution in [0.3, 0.4) is 0 Å². The van der Waals surface area contributed by atoms with Crippen LogP contribution in [-0.4, -0.2) is 50.7 Å². The van der Waals surface area contributed by atoms with Gasteiger partial charge in [-0.2, -0.15) is 0 Å².